The van der Waals surface area contributed by atoms with Gasteiger partial charge in [0, 0.05) is 27.1 Å². The fourth-order valence-corrected chi connectivity index (χ4v) is 1.58. The van der Waals surface area contributed by atoms with Crippen molar-refractivity contribution in [2.24, 2.45) is 14.1 Å². The third-order valence-electron chi connectivity index (χ3n) is 2.54. The first kappa shape index (κ1) is 12.0. The molecule has 2 aromatic heterocycles. The van der Waals surface area contributed by atoms with Crippen LogP contribution in [0.3, 0.4) is 0 Å². The predicted octanol–water partition coefficient (Wildman–Crippen LogP) is 0.111. The highest BCUT2D eigenvalue weighted by molar-refractivity contribution is 5.51. The van der Waals surface area contributed by atoms with Crippen molar-refractivity contribution in [1.29, 1.82) is 0 Å². The van der Waals surface area contributed by atoms with Crippen molar-refractivity contribution in [3.05, 3.63) is 28.6 Å². The molecule has 9 heteroatoms. The van der Waals surface area contributed by atoms with Gasteiger partial charge in [-0.2, -0.15) is 0 Å². The zero-order valence-electron chi connectivity index (χ0n) is 10.1. The van der Waals surface area contributed by atoms with Crippen molar-refractivity contribution in [3.8, 4) is 0 Å². The van der Waals surface area contributed by atoms with Crippen molar-refractivity contribution in [2.45, 2.75) is 6.42 Å². The van der Waals surface area contributed by atoms with Crippen LogP contribution in [-0.4, -0.2) is 35.8 Å². The van der Waals surface area contributed by atoms with Crippen molar-refractivity contribution in [2.75, 3.05) is 11.9 Å². The number of anilines is 1. The summed E-state index contributed by atoms with van der Waals surface area (Å²) >= 11 is 0. The zero-order chi connectivity index (χ0) is 13.1. The van der Waals surface area contributed by atoms with E-state index in [0.29, 0.717) is 18.8 Å². The molecule has 0 aromatic carbocycles. The summed E-state index contributed by atoms with van der Waals surface area (Å²) < 4.78 is 3.38. The number of aromatic nitrogens is 5. The molecule has 0 amide bonds. The van der Waals surface area contributed by atoms with E-state index in [2.05, 4.69) is 20.5 Å². The third-order valence-corrected chi connectivity index (χ3v) is 2.54. The van der Waals surface area contributed by atoms with Crippen LogP contribution in [0.2, 0.25) is 0 Å². The topological polar surface area (TPSA) is 104 Å². The molecule has 9 nitrogen and oxygen atoms in total. The molecule has 1 N–H and O–H groups in total. The van der Waals surface area contributed by atoms with Gasteiger partial charge >= 0.3 is 5.82 Å². The van der Waals surface area contributed by atoms with Crippen LogP contribution in [0.4, 0.5) is 11.6 Å². The average molecular weight is 251 g/mol. The van der Waals surface area contributed by atoms with Crippen LogP contribution < -0.4 is 5.32 Å². The number of hydrogen-bond acceptors (Lipinski definition) is 6. The Morgan fingerprint density at radius 3 is 2.78 bits per heavy atom. The van der Waals surface area contributed by atoms with Crippen LogP contribution in [0.15, 0.2) is 12.7 Å². The van der Waals surface area contributed by atoms with Gasteiger partial charge in [-0.3, -0.25) is 4.57 Å². The van der Waals surface area contributed by atoms with Crippen molar-refractivity contribution < 1.29 is 4.92 Å². The second-order valence-electron chi connectivity index (χ2n) is 3.82. The van der Waals surface area contributed by atoms with Crippen LogP contribution in [0, 0.1) is 10.1 Å². The van der Waals surface area contributed by atoms with Crippen LogP contribution in [-0.2, 0) is 20.5 Å². The number of nitrogens with zero attached hydrogens (tertiary/aromatic N) is 6. The Balaban J connectivity index is 2.00. The standard InChI is InChI=1S/C9H13N7O2/c1-14-6-12-13-7(14)3-4-10-8-9(16(17)18)11-5-15(8)2/h5-6,10H,3-4H2,1-2H3. The van der Waals surface area contributed by atoms with Gasteiger partial charge in [-0.15, -0.1) is 10.2 Å². The van der Waals surface area contributed by atoms with Gasteiger partial charge in [0.15, 0.2) is 0 Å². The summed E-state index contributed by atoms with van der Waals surface area (Å²) in [5, 5.41) is 21.4. The van der Waals surface area contributed by atoms with E-state index in [1.54, 1.807) is 22.5 Å². The molecule has 0 aliphatic rings. The maximum Gasteiger partial charge on any atom is 0.406 e. The smallest absolute Gasteiger partial charge is 0.364 e. The molecule has 0 aliphatic carbocycles. The van der Waals surface area contributed by atoms with Gasteiger partial charge in [0.25, 0.3) is 0 Å². The third kappa shape index (κ3) is 2.29. The van der Waals surface area contributed by atoms with Crippen molar-refractivity contribution in [1.82, 2.24) is 24.3 Å². The van der Waals surface area contributed by atoms with E-state index in [4.69, 9.17) is 0 Å². The first-order chi connectivity index (χ1) is 8.59. The summed E-state index contributed by atoms with van der Waals surface area (Å²) in [5.74, 6) is 1.03. The van der Waals surface area contributed by atoms with E-state index in [1.165, 1.54) is 6.33 Å². The molecular weight excluding hydrogens is 238 g/mol. The Labute approximate surface area is 103 Å². The van der Waals surface area contributed by atoms with Gasteiger partial charge < -0.3 is 20.0 Å². The molecule has 0 bridgehead atoms. The van der Waals surface area contributed by atoms with Crippen LogP contribution in [0.25, 0.3) is 0 Å². The zero-order valence-corrected chi connectivity index (χ0v) is 10.1. The lowest BCUT2D eigenvalue weighted by Crippen LogP contribution is -2.11. The minimum absolute atomic E-state index is 0.171. The van der Waals surface area contributed by atoms with Crippen LogP contribution in [0.1, 0.15) is 5.82 Å². The summed E-state index contributed by atoms with van der Waals surface area (Å²) in [6.45, 7) is 0.521. The summed E-state index contributed by atoms with van der Waals surface area (Å²) in [6, 6.07) is 0. The maximum absolute atomic E-state index is 10.7. The van der Waals surface area contributed by atoms with E-state index in [9.17, 15) is 10.1 Å². The number of aryl methyl sites for hydroxylation is 2. The SMILES string of the molecule is Cn1cnnc1CCNc1c([N+](=O)[O-])ncn1C. The Bertz CT molecular complexity index is 559. The second kappa shape index (κ2) is 4.82. The van der Waals surface area contributed by atoms with Gasteiger partial charge in [-0.25, -0.2) is 0 Å². The largest absolute Gasteiger partial charge is 0.406 e. The number of nitro groups is 1. The Kier molecular flexibility index (Phi) is 3.22. The summed E-state index contributed by atoms with van der Waals surface area (Å²) in [4.78, 5) is 14.0. The quantitative estimate of drug-likeness (QED) is 0.597. The normalized spacial score (nSPS) is 10.6. The Hall–Kier alpha value is -2.45. The van der Waals surface area contributed by atoms with Gasteiger partial charge in [-0.1, -0.05) is 0 Å². The molecule has 0 saturated carbocycles. The molecule has 2 heterocycles. The fraction of sp³-hybridized carbons (Fsp3) is 0.444. The fourth-order valence-electron chi connectivity index (χ4n) is 1.58. The Morgan fingerprint density at radius 2 is 2.17 bits per heavy atom. The van der Waals surface area contributed by atoms with Crippen LogP contribution in [0.5, 0.6) is 0 Å². The van der Waals surface area contributed by atoms with Gasteiger partial charge in [0.1, 0.15) is 12.2 Å². The van der Waals surface area contributed by atoms with E-state index < -0.39 is 4.92 Å². The van der Waals surface area contributed by atoms with Gasteiger partial charge in [0.05, 0.1) is 0 Å². The molecule has 0 saturated heterocycles. The number of nitrogens with one attached hydrogen (secondary N) is 1. The van der Waals surface area contributed by atoms with E-state index in [0.717, 1.165) is 5.82 Å². The minimum Gasteiger partial charge on any atom is -0.364 e. The molecule has 96 valence electrons. The molecule has 0 aliphatic heterocycles. The lowest BCUT2D eigenvalue weighted by Gasteiger charge is -2.05. The highest BCUT2D eigenvalue weighted by atomic mass is 16.6. The summed E-state index contributed by atoms with van der Waals surface area (Å²) in [5.41, 5.74) is 0. The molecule has 0 fully saturated rings. The summed E-state index contributed by atoms with van der Waals surface area (Å²) in [6.07, 6.45) is 3.64. The van der Waals surface area contributed by atoms with E-state index in [1.807, 2.05) is 7.05 Å². The van der Waals surface area contributed by atoms with Crippen LogP contribution >= 0.6 is 0 Å². The van der Waals surface area contributed by atoms with Crippen molar-refractivity contribution in [3.63, 3.8) is 0 Å². The first-order valence-corrected chi connectivity index (χ1v) is 5.32. The maximum atomic E-state index is 10.7. The van der Waals surface area contributed by atoms with Crippen molar-refractivity contribution >= 4 is 11.6 Å². The van der Waals surface area contributed by atoms with Gasteiger partial charge in [-0.05, 0) is 9.91 Å². The second-order valence-corrected chi connectivity index (χ2v) is 3.82. The molecule has 2 aromatic rings. The molecule has 0 spiro atoms. The van der Waals surface area contributed by atoms with E-state index >= 15 is 0 Å². The lowest BCUT2D eigenvalue weighted by molar-refractivity contribution is -0.388. The van der Waals surface area contributed by atoms with E-state index in [-0.39, 0.29) is 5.82 Å². The molecule has 18 heavy (non-hydrogen) atoms. The average Bonchev–Trinajstić information content (AvgIpc) is 2.87. The molecule has 0 atom stereocenters. The number of rotatable bonds is 5. The molecule has 0 unspecified atom stereocenters. The minimum atomic E-state index is -0.509. The van der Waals surface area contributed by atoms with Gasteiger partial charge in [0.2, 0.25) is 12.1 Å². The Morgan fingerprint density at radius 1 is 1.39 bits per heavy atom. The molecular formula is C9H13N7O2. The number of imidazole rings is 1. The highest BCUT2D eigenvalue weighted by Gasteiger charge is 2.19. The molecule has 0 radical (unpaired) electrons. The number of hydrogen-bond donors (Lipinski definition) is 1. The molecule has 2 rings (SSSR count). The highest BCUT2D eigenvalue weighted by Crippen LogP contribution is 2.20. The summed E-state index contributed by atoms with van der Waals surface area (Å²) in [7, 11) is 3.55. The first-order valence-electron chi connectivity index (χ1n) is 5.32. The monoisotopic (exact) mass is 251 g/mol. The predicted molar refractivity (Wildman–Crippen MR) is 63.1 cm³/mol. The lowest BCUT2D eigenvalue weighted by atomic mass is 10.4.